The average Bonchev–Trinajstić information content (AvgIpc) is 3.28. The summed E-state index contributed by atoms with van der Waals surface area (Å²) in [6.45, 7) is 0.992. The number of hydrogen-bond donors (Lipinski definition) is 3. The fourth-order valence-corrected chi connectivity index (χ4v) is 3.54. The summed E-state index contributed by atoms with van der Waals surface area (Å²) < 4.78 is 5.84. The topological polar surface area (TPSA) is 99.4 Å². The maximum Gasteiger partial charge on any atom is 0.256 e. The maximum atomic E-state index is 13.0. The lowest BCUT2D eigenvalue weighted by Gasteiger charge is -2.13. The number of fused-ring (bicyclic) bond motifs is 1. The molecule has 0 unspecified atom stereocenters. The molecule has 8 nitrogen and oxygen atoms in total. The van der Waals surface area contributed by atoms with Crippen LogP contribution in [0.2, 0.25) is 0 Å². The second-order valence-electron chi connectivity index (χ2n) is 7.91. The highest BCUT2D eigenvalue weighted by Gasteiger charge is 2.14. The largest absolute Gasteiger partial charge is 0.372 e. The van der Waals surface area contributed by atoms with Crippen LogP contribution in [0.5, 0.6) is 0 Å². The molecule has 0 saturated carbocycles. The second kappa shape index (κ2) is 10.6. The summed E-state index contributed by atoms with van der Waals surface area (Å²) in [5, 5.41) is 5.55. The van der Waals surface area contributed by atoms with Crippen molar-refractivity contribution in [1.82, 2.24) is 15.3 Å². The van der Waals surface area contributed by atoms with Crippen molar-refractivity contribution in [3.05, 3.63) is 89.5 Å². The molecule has 0 aliphatic rings. The summed E-state index contributed by atoms with van der Waals surface area (Å²) in [6.07, 6.45) is 0. The number of nitrogens with one attached hydrogen (secondary N) is 3. The normalized spacial score (nSPS) is 10.8. The van der Waals surface area contributed by atoms with Gasteiger partial charge in [0.25, 0.3) is 5.91 Å². The van der Waals surface area contributed by atoms with Gasteiger partial charge in [-0.2, -0.15) is 0 Å². The number of carbonyl (C=O) groups excluding carboxylic acids is 2. The number of nitrogens with zero attached hydrogens (tertiary/aromatic N) is 2. The molecule has 0 radical (unpaired) electrons. The van der Waals surface area contributed by atoms with Gasteiger partial charge in [-0.25, -0.2) is 4.98 Å². The van der Waals surface area contributed by atoms with E-state index in [-0.39, 0.29) is 18.4 Å². The van der Waals surface area contributed by atoms with Crippen LogP contribution in [0.1, 0.15) is 21.5 Å². The van der Waals surface area contributed by atoms with Crippen molar-refractivity contribution in [2.75, 3.05) is 30.9 Å². The molecule has 3 aromatic carbocycles. The minimum atomic E-state index is -0.213. The van der Waals surface area contributed by atoms with E-state index >= 15 is 0 Å². The molecule has 1 heterocycles. The molecule has 4 rings (SSSR count). The standard InChI is InChI=1S/C26H27N5O3/c1-27-24(32)15-31(2)26-29-22-13-12-20(14-23(22)30-26)28-25(33)21-11-7-6-10-19(21)17-34-16-18-8-4-3-5-9-18/h3-14H,15-17H2,1-2H3,(H,27,32)(H,28,33)(H,29,30). The lowest BCUT2D eigenvalue weighted by molar-refractivity contribution is -0.119. The molecule has 1 aromatic heterocycles. The third-order valence-corrected chi connectivity index (χ3v) is 5.38. The van der Waals surface area contributed by atoms with E-state index in [9.17, 15) is 9.59 Å². The third-order valence-electron chi connectivity index (χ3n) is 5.38. The second-order valence-corrected chi connectivity index (χ2v) is 7.91. The fraction of sp³-hybridized carbons (Fsp3) is 0.192. The Morgan fingerprint density at radius 1 is 1.00 bits per heavy atom. The van der Waals surface area contributed by atoms with Gasteiger partial charge in [0, 0.05) is 25.3 Å². The molecule has 4 aromatic rings. The summed E-state index contributed by atoms with van der Waals surface area (Å²) in [5.74, 6) is 0.250. The molecule has 0 spiro atoms. The Morgan fingerprint density at radius 3 is 2.56 bits per heavy atom. The monoisotopic (exact) mass is 457 g/mol. The highest BCUT2D eigenvalue weighted by molar-refractivity contribution is 6.06. The van der Waals surface area contributed by atoms with Crippen molar-refractivity contribution in [1.29, 1.82) is 0 Å². The molecule has 34 heavy (non-hydrogen) atoms. The van der Waals surface area contributed by atoms with Gasteiger partial charge in [0.1, 0.15) is 0 Å². The van der Waals surface area contributed by atoms with Gasteiger partial charge in [0.15, 0.2) is 0 Å². The molecular formula is C26H27N5O3. The van der Waals surface area contributed by atoms with Crippen LogP contribution in [-0.4, -0.2) is 42.4 Å². The number of likely N-dealkylation sites (N-methyl/N-ethyl adjacent to an activating group) is 2. The van der Waals surface area contributed by atoms with E-state index in [1.807, 2.05) is 60.7 Å². The lowest BCUT2D eigenvalue weighted by Crippen LogP contribution is -2.33. The molecule has 2 amide bonds. The van der Waals surface area contributed by atoms with Gasteiger partial charge in [-0.3, -0.25) is 9.59 Å². The Bertz CT molecular complexity index is 1290. The molecule has 8 heteroatoms. The first-order valence-corrected chi connectivity index (χ1v) is 11.0. The van der Waals surface area contributed by atoms with Crippen molar-refractivity contribution >= 4 is 34.5 Å². The number of carbonyl (C=O) groups is 2. The zero-order valence-electron chi connectivity index (χ0n) is 19.2. The fourth-order valence-electron chi connectivity index (χ4n) is 3.54. The first-order valence-electron chi connectivity index (χ1n) is 11.0. The van der Waals surface area contributed by atoms with Gasteiger partial charge >= 0.3 is 0 Å². The van der Waals surface area contributed by atoms with E-state index in [2.05, 4.69) is 20.6 Å². The number of amides is 2. The number of H-pyrrole nitrogens is 1. The SMILES string of the molecule is CNC(=O)CN(C)c1nc2ccc(NC(=O)c3ccccc3COCc3ccccc3)cc2[nH]1. The highest BCUT2D eigenvalue weighted by Crippen LogP contribution is 2.22. The van der Waals surface area contributed by atoms with Crippen molar-refractivity contribution < 1.29 is 14.3 Å². The van der Waals surface area contributed by atoms with Crippen molar-refractivity contribution in [3.63, 3.8) is 0 Å². The first-order chi connectivity index (χ1) is 16.5. The van der Waals surface area contributed by atoms with Gasteiger partial charge in [0.05, 0.1) is 30.8 Å². The van der Waals surface area contributed by atoms with Crippen LogP contribution in [0.25, 0.3) is 11.0 Å². The number of ether oxygens (including phenoxy) is 1. The van der Waals surface area contributed by atoms with Crippen LogP contribution in [0.3, 0.4) is 0 Å². The van der Waals surface area contributed by atoms with E-state index < -0.39 is 0 Å². The number of benzene rings is 3. The van der Waals surface area contributed by atoms with Gasteiger partial charge in [-0.15, -0.1) is 0 Å². The molecule has 0 aliphatic heterocycles. The van der Waals surface area contributed by atoms with Gasteiger partial charge in [-0.1, -0.05) is 48.5 Å². The summed E-state index contributed by atoms with van der Waals surface area (Å²) in [4.78, 5) is 34.1. The first kappa shape index (κ1) is 23.0. The Balaban J connectivity index is 1.44. The molecular weight excluding hydrogens is 430 g/mol. The molecule has 0 atom stereocenters. The number of imidazole rings is 1. The molecule has 0 bridgehead atoms. The Labute approximate surface area is 198 Å². The Morgan fingerprint density at radius 2 is 1.76 bits per heavy atom. The molecule has 0 fully saturated rings. The zero-order valence-corrected chi connectivity index (χ0v) is 19.2. The summed E-state index contributed by atoms with van der Waals surface area (Å²) >= 11 is 0. The van der Waals surface area contributed by atoms with Gasteiger partial charge < -0.3 is 25.3 Å². The van der Waals surface area contributed by atoms with E-state index in [1.165, 1.54) is 0 Å². The number of rotatable bonds is 9. The van der Waals surface area contributed by atoms with E-state index in [0.717, 1.165) is 22.2 Å². The van der Waals surface area contributed by atoms with E-state index in [1.54, 1.807) is 31.1 Å². The number of hydrogen-bond acceptors (Lipinski definition) is 5. The van der Waals surface area contributed by atoms with Crippen LogP contribution < -0.4 is 15.5 Å². The maximum absolute atomic E-state index is 13.0. The minimum absolute atomic E-state index is 0.109. The number of anilines is 2. The molecule has 174 valence electrons. The van der Waals surface area contributed by atoms with Gasteiger partial charge in [-0.05, 0) is 35.4 Å². The lowest BCUT2D eigenvalue weighted by atomic mass is 10.1. The smallest absolute Gasteiger partial charge is 0.256 e. The average molecular weight is 458 g/mol. The predicted octanol–water partition coefficient (Wildman–Crippen LogP) is 3.71. The zero-order chi connectivity index (χ0) is 23.9. The molecule has 0 saturated heterocycles. The number of aromatic amines is 1. The van der Waals surface area contributed by atoms with Crippen molar-refractivity contribution in [2.24, 2.45) is 0 Å². The van der Waals surface area contributed by atoms with E-state index in [4.69, 9.17) is 4.74 Å². The van der Waals surface area contributed by atoms with Crippen LogP contribution in [0.15, 0.2) is 72.8 Å². The summed E-state index contributed by atoms with van der Waals surface area (Å²) in [5.41, 5.74) is 4.60. The quantitative estimate of drug-likeness (QED) is 0.356. The van der Waals surface area contributed by atoms with Gasteiger partial charge in [0.2, 0.25) is 11.9 Å². The van der Waals surface area contributed by atoms with Crippen LogP contribution >= 0.6 is 0 Å². The molecule has 3 N–H and O–H groups in total. The third kappa shape index (κ3) is 5.60. The van der Waals surface area contributed by atoms with Crippen LogP contribution in [-0.2, 0) is 22.7 Å². The summed E-state index contributed by atoms with van der Waals surface area (Å²) in [7, 11) is 3.38. The minimum Gasteiger partial charge on any atom is -0.372 e. The Hall–Kier alpha value is -4.17. The van der Waals surface area contributed by atoms with Crippen molar-refractivity contribution in [3.8, 4) is 0 Å². The molecule has 0 aliphatic carbocycles. The number of aromatic nitrogens is 2. The van der Waals surface area contributed by atoms with Crippen LogP contribution in [0.4, 0.5) is 11.6 Å². The summed E-state index contributed by atoms with van der Waals surface area (Å²) in [6, 6.07) is 22.8. The Kier molecular flexibility index (Phi) is 7.19. The van der Waals surface area contributed by atoms with Crippen molar-refractivity contribution in [2.45, 2.75) is 13.2 Å². The van der Waals surface area contributed by atoms with E-state index in [0.29, 0.717) is 30.4 Å². The van der Waals surface area contributed by atoms with Crippen LogP contribution in [0, 0.1) is 0 Å². The highest BCUT2D eigenvalue weighted by atomic mass is 16.5. The predicted molar refractivity (Wildman–Crippen MR) is 133 cm³/mol.